The lowest BCUT2D eigenvalue weighted by Gasteiger charge is -2.56. The Kier molecular flexibility index (Phi) is 5.96. The monoisotopic (exact) mass is 414 g/mol. The number of β-amino-alcohol motifs (C(OH)–C–C–N with tert-alkyl or cyclic N) is 1. The summed E-state index contributed by atoms with van der Waals surface area (Å²) in [6.45, 7) is 6.03. The average Bonchev–Trinajstić information content (AvgIpc) is 2.73. The van der Waals surface area contributed by atoms with E-state index in [1.165, 1.54) is 44.2 Å². The van der Waals surface area contributed by atoms with Crippen molar-refractivity contribution in [3.05, 3.63) is 24.3 Å². The molecule has 1 saturated heterocycles. The number of ether oxygens (including phenoxy) is 2. The summed E-state index contributed by atoms with van der Waals surface area (Å²) in [4.78, 5) is 4.78. The van der Waals surface area contributed by atoms with E-state index in [2.05, 4.69) is 21.9 Å². The van der Waals surface area contributed by atoms with E-state index in [1.807, 2.05) is 12.1 Å². The van der Waals surface area contributed by atoms with Gasteiger partial charge in [0.05, 0.1) is 26.4 Å². The van der Waals surface area contributed by atoms with Crippen LogP contribution in [0.15, 0.2) is 24.3 Å². The van der Waals surface area contributed by atoms with E-state index in [9.17, 15) is 5.11 Å². The Bertz CT molecular complexity index is 664. The summed E-state index contributed by atoms with van der Waals surface area (Å²) in [5, 5.41) is 10.6. The maximum Gasteiger partial charge on any atom is 0.119 e. The minimum atomic E-state index is -0.383. The minimum absolute atomic E-state index is 0.383. The minimum Gasteiger partial charge on any atom is -0.497 e. The molecule has 1 aromatic rings. The van der Waals surface area contributed by atoms with Crippen LogP contribution in [-0.2, 0) is 4.74 Å². The van der Waals surface area contributed by atoms with Crippen molar-refractivity contribution < 1.29 is 14.6 Å². The quantitative estimate of drug-likeness (QED) is 0.706. The largest absolute Gasteiger partial charge is 0.497 e. The zero-order valence-electron chi connectivity index (χ0n) is 18.5. The molecule has 4 saturated carbocycles. The Morgan fingerprint density at radius 2 is 1.57 bits per heavy atom. The van der Waals surface area contributed by atoms with Crippen molar-refractivity contribution in [2.24, 2.45) is 23.2 Å². The predicted molar refractivity (Wildman–Crippen MR) is 119 cm³/mol. The van der Waals surface area contributed by atoms with E-state index in [-0.39, 0.29) is 6.10 Å². The summed E-state index contributed by atoms with van der Waals surface area (Å²) in [7, 11) is 1.70. The number of rotatable bonds is 8. The lowest BCUT2D eigenvalue weighted by molar-refractivity contribution is -0.107. The lowest BCUT2D eigenvalue weighted by Crippen LogP contribution is -2.50. The SMILES string of the molecule is COc1ccc(N2CCN(CC(O)COCC34CC5CC(CC(C5)C3)C4)CC2)cc1. The fourth-order valence-corrected chi connectivity index (χ4v) is 7.21. The van der Waals surface area contributed by atoms with Crippen LogP contribution in [0.4, 0.5) is 5.69 Å². The normalized spacial score (nSPS) is 34.3. The van der Waals surface area contributed by atoms with Gasteiger partial charge in [0.15, 0.2) is 0 Å². The van der Waals surface area contributed by atoms with E-state index in [0.29, 0.717) is 12.0 Å². The molecule has 0 spiro atoms. The molecule has 6 rings (SSSR count). The highest BCUT2D eigenvalue weighted by Crippen LogP contribution is 2.60. The summed E-state index contributed by atoms with van der Waals surface area (Å²) in [5.74, 6) is 3.79. The fraction of sp³-hybridized carbons (Fsp3) is 0.760. The fourth-order valence-electron chi connectivity index (χ4n) is 7.21. The Morgan fingerprint density at radius 1 is 0.967 bits per heavy atom. The van der Waals surface area contributed by atoms with Crippen molar-refractivity contribution in [1.29, 1.82) is 0 Å². The third kappa shape index (κ3) is 4.49. The van der Waals surface area contributed by atoms with Crippen LogP contribution >= 0.6 is 0 Å². The topological polar surface area (TPSA) is 45.2 Å². The van der Waals surface area contributed by atoms with Crippen molar-refractivity contribution in [2.75, 3.05) is 57.9 Å². The number of aliphatic hydroxyl groups excluding tert-OH is 1. The van der Waals surface area contributed by atoms with Crippen molar-refractivity contribution >= 4 is 5.69 Å². The van der Waals surface area contributed by atoms with Crippen molar-refractivity contribution in [3.63, 3.8) is 0 Å². The van der Waals surface area contributed by atoms with Gasteiger partial charge in [-0.05, 0) is 86.0 Å². The van der Waals surface area contributed by atoms with Gasteiger partial charge in [-0.15, -0.1) is 0 Å². The molecule has 0 amide bonds. The molecule has 5 nitrogen and oxygen atoms in total. The smallest absolute Gasteiger partial charge is 0.119 e. The van der Waals surface area contributed by atoms with Gasteiger partial charge in [0.1, 0.15) is 5.75 Å². The molecule has 0 aromatic heterocycles. The molecule has 0 radical (unpaired) electrons. The van der Waals surface area contributed by atoms with Crippen molar-refractivity contribution in [3.8, 4) is 5.75 Å². The zero-order chi connectivity index (χ0) is 20.6. The third-order valence-corrected chi connectivity index (χ3v) is 8.16. The summed E-state index contributed by atoms with van der Waals surface area (Å²) in [6, 6.07) is 8.29. The number of anilines is 1. The summed E-state index contributed by atoms with van der Waals surface area (Å²) < 4.78 is 11.4. The summed E-state index contributed by atoms with van der Waals surface area (Å²) >= 11 is 0. The Hall–Kier alpha value is -1.30. The molecule has 5 heteroatoms. The number of piperazine rings is 1. The molecular formula is C25H38N2O3. The average molecular weight is 415 g/mol. The molecule has 5 aliphatic rings. The van der Waals surface area contributed by atoms with Crippen LogP contribution in [0.2, 0.25) is 0 Å². The van der Waals surface area contributed by atoms with Gasteiger partial charge >= 0.3 is 0 Å². The van der Waals surface area contributed by atoms with Crippen LogP contribution in [0.5, 0.6) is 5.75 Å². The first-order chi connectivity index (χ1) is 14.6. The molecule has 1 aromatic carbocycles. The first-order valence-electron chi connectivity index (χ1n) is 12.0. The molecule has 5 fully saturated rings. The van der Waals surface area contributed by atoms with Gasteiger partial charge in [-0.1, -0.05) is 0 Å². The van der Waals surface area contributed by atoms with Gasteiger partial charge in [-0.25, -0.2) is 0 Å². The number of aliphatic hydroxyl groups is 1. The van der Waals surface area contributed by atoms with Crippen LogP contribution in [0, 0.1) is 23.2 Å². The zero-order valence-corrected chi connectivity index (χ0v) is 18.5. The standard InChI is InChI=1S/C25H38N2O3/c1-29-24-4-2-22(3-5-24)27-8-6-26(7-9-27)16-23(28)17-30-18-25-13-19-10-20(14-25)12-21(11-19)15-25/h2-5,19-21,23,28H,6-18H2,1H3. The van der Waals surface area contributed by atoms with E-state index < -0.39 is 0 Å². The van der Waals surface area contributed by atoms with E-state index in [4.69, 9.17) is 9.47 Å². The number of nitrogens with zero attached hydrogens (tertiary/aromatic N) is 2. The van der Waals surface area contributed by atoms with Crippen LogP contribution < -0.4 is 9.64 Å². The van der Waals surface area contributed by atoms with Gasteiger partial charge in [-0.3, -0.25) is 4.90 Å². The van der Waals surface area contributed by atoms with Crippen molar-refractivity contribution in [2.45, 2.75) is 44.6 Å². The number of benzene rings is 1. The second-order valence-corrected chi connectivity index (χ2v) is 10.6. The molecule has 4 aliphatic carbocycles. The van der Waals surface area contributed by atoms with E-state index in [0.717, 1.165) is 62.8 Å². The summed E-state index contributed by atoms with van der Waals surface area (Å²) in [6.07, 6.45) is 8.18. The Labute approximate surface area is 181 Å². The molecular weight excluding hydrogens is 376 g/mol. The van der Waals surface area contributed by atoms with Crippen LogP contribution in [-0.4, -0.2) is 69.2 Å². The molecule has 1 N–H and O–H groups in total. The second-order valence-electron chi connectivity index (χ2n) is 10.6. The molecule has 1 unspecified atom stereocenters. The van der Waals surface area contributed by atoms with Crippen LogP contribution in [0.1, 0.15) is 38.5 Å². The van der Waals surface area contributed by atoms with Crippen LogP contribution in [0.25, 0.3) is 0 Å². The van der Waals surface area contributed by atoms with Gasteiger partial charge in [0.25, 0.3) is 0 Å². The highest BCUT2D eigenvalue weighted by atomic mass is 16.5. The molecule has 166 valence electrons. The highest BCUT2D eigenvalue weighted by Gasteiger charge is 2.50. The third-order valence-electron chi connectivity index (χ3n) is 8.16. The van der Waals surface area contributed by atoms with Gasteiger partial charge in [-0.2, -0.15) is 0 Å². The second kappa shape index (κ2) is 8.68. The molecule has 4 bridgehead atoms. The number of methoxy groups -OCH3 is 1. The Morgan fingerprint density at radius 3 is 2.13 bits per heavy atom. The molecule has 30 heavy (non-hydrogen) atoms. The number of hydrogen-bond donors (Lipinski definition) is 1. The van der Waals surface area contributed by atoms with Gasteiger partial charge in [0, 0.05) is 38.4 Å². The first-order valence-corrected chi connectivity index (χ1v) is 12.0. The van der Waals surface area contributed by atoms with E-state index in [1.54, 1.807) is 7.11 Å². The highest BCUT2D eigenvalue weighted by molar-refractivity contribution is 5.49. The van der Waals surface area contributed by atoms with Crippen LogP contribution in [0.3, 0.4) is 0 Å². The predicted octanol–water partition coefficient (Wildman–Crippen LogP) is 3.41. The summed E-state index contributed by atoms with van der Waals surface area (Å²) in [5.41, 5.74) is 1.69. The van der Waals surface area contributed by atoms with Gasteiger partial charge in [0.2, 0.25) is 0 Å². The maximum atomic E-state index is 10.6. The number of hydrogen-bond acceptors (Lipinski definition) is 5. The molecule has 1 aliphatic heterocycles. The Balaban J connectivity index is 1.03. The van der Waals surface area contributed by atoms with E-state index >= 15 is 0 Å². The lowest BCUT2D eigenvalue weighted by atomic mass is 9.50. The molecule has 1 heterocycles. The van der Waals surface area contributed by atoms with Gasteiger partial charge < -0.3 is 19.5 Å². The molecule has 1 atom stereocenters. The maximum absolute atomic E-state index is 10.6. The first kappa shape index (κ1) is 20.6. The van der Waals surface area contributed by atoms with Crippen molar-refractivity contribution in [1.82, 2.24) is 4.90 Å².